The second-order valence-electron chi connectivity index (χ2n) is 7.09. The molecule has 0 saturated heterocycles. The highest BCUT2D eigenvalue weighted by Crippen LogP contribution is 2.31. The van der Waals surface area contributed by atoms with Crippen LogP contribution in [0.1, 0.15) is 69.2 Å². The number of nitrogens with one attached hydrogen (secondary N) is 3. The van der Waals surface area contributed by atoms with Crippen molar-refractivity contribution in [3.05, 3.63) is 59.7 Å². The zero-order chi connectivity index (χ0) is 20.4. The van der Waals surface area contributed by atoms with E-state index in [0.29, 0.717) is 5.69 Å². The lowest BCUT2D eigenvalue weighted by molar-refractivity contribution is 0.254. The van der Waals surface area contributed by atoms with Crippen LogP contribution in [-0.2, 0) is 0 Å². The van der Waals surface area contributed by atoms with Gasteiger partial charge in [-0.1, -0.05) is 69.5 Å². The molecule has 2 aromatic rings. The molecule has 2 aromatic carbocycles. The van der Waals surface area contributed by atoms with Crippen molar-refractivity contribution in [2.24, 2.45) is 0 Å². The molecular formula is C23H33N3O2. The van der Waals surface area contributed by atoms with Crippen LogP contribution in [0.2, 0.25) is 0 Å². The molecule has 0 radical (unpaired) electrons. The van der Waals surface area contributed by atoms with Crippen molar-refractivity contribution in [3.8, 4) is 5.75 Å². The Morgan fingerprint density at radius 3 is 2.32 bits per heavy atom. The van der Waals surface area contributed by atoms with Gasteiger partial charge in [0.1, 0.15) is 5.75 Å². The van der Waals surface area contributed by atoms with E-state index in [1.165, 1.54) is 5.56 Å². The number of aromatic hydroxyl groups is 1. The molecule has 4 N–H and O–H groups in total. The maximum Gasteiger partial charge on any atom is 0.319 e. The lowest BCUT2D eigenvalue weighted by Gasteiger charge is -2.27. The normalized spacial score (nSPS) is 13.0. The van der Waals surface area contributed by atoms with Gasteiger partial charge in [0.05, 0.1) is 5.69 Å². The number of carbonyl (C=O) groups is 1. The SMILES string of the molecule is CCCCC(NC(CCC)c1ccccc1)c1ccc(O)c(NC(=O)NC)c1. The van der Waals surface area contributed by atoms with Gasteiger partial charge in [-0.15, -0.1) is 0 Å². The Labute approximate surface area is 168 Å². The monoisotopic (exact) mass is 383 g/mol. The van der Waals surface area contributed by atoms with Crippen molar-refractivity contribution >= 4 is 11.7 Å². The largest absolute Gasteiger partial charge is 0.506 e. The average molecular weight is 384 g/mol. The number of phenols is 1. The summed E-state index contributed by atoms with van der Waals surface area (Å²) < 4.78 is 0. The number of benzene rings is 2. The van der Waals surface area contributed by atoms with Crippen LogP contribution in [-0.4, -0.2) is 18.2 Å². The highest BCUT2D eigenvalue weighted by atomic mass is 16.3. The molecule has 152 valence electrons. The average Bonchev–Trinajstić information content (AvgIpc) is 2.72. The van der Waals surface area contributed by atoms with Crippen LogP contribution in [0.25, 0.3) is 0 Å². The van der Waals surface area contributed by atoms with Crippen LogP contribution in [0.4, 0.5) is 10.5 Å². The molecule has 0 spiro atoms. The molecule has 0 fully saturated rings. The van der Waals surface area contributed by atoms with E-state index in [2.05, 4.69) is 54.1 Å². The summed E-state index contributed by atoms with van der Waals surface area (Å²) in [4.78, 5) is 11.7. The summed E-state index contributed by atoms with van der Waals surface area (Å²) in [5.41, 5.74) is 2.77. The summed E-state index contributed by atoms with van der Waals surface area (Å²) >= 11 is 0. The first kappa shape index (κ1) is 21.8. The number of hydrogen-bond donors (Lipinski definition) is 4. The third kappa shape index (κ3) is 6.27. The van der Waals surface area contributed by atoms with E-state index in [9.17, 15) is 9.90 Å². The summed E-state index contributed by atoms with van der Waals surface area (Å²) in [5.74, 6) is 0.0646. The van der Waals surface area contributed by atoms with Gasteiger partial charge < -0.3 is 21.1 Å². The molecule has 2 rings (SSSR count). The molecule has 5 heteroatoms. The fourth-order valence-corrected chi connectivity index (χ4v) is 3.37. The summed E-state index contributed by atoms with van der Waals surface area (Å²) in [5, 5.41) is 19.2. The first-order valence-electron chi connectivity index (χ1n) is 10.2. The topological polar surface area (TPSA) is 73.4 Å². The molecule has 0 bridgehead atoms. The van der Waals surface area contributed by atoms with Crippen molar-refractivity contribution in [2.75, 3.05) is 12.4 Å². The highest BCUT2D eigenvalue weighted by molar-refractivity contribution is 5.90. The molecule has 0 heterocycles. The Morgan fingerprint density at radius 2 is 1.68 bits per heavy atom. The second-order valence-corrected chi connectivity index (χ2v) is 7.09. The summed E-state index contributed by atoms with van der Waals surface area (Å²) in [6, 6.07) is 16.0. The van der Waals surface area contributed by atoms with Crippen molar-refractivity contribution in [1.29, 1.82) is 0 Å². The van der Waals surface area contributed by atoms with E-state index >= 15 is 0 Å². The van der Waals surface area contributed by atoms with Gasteiger partial charge in [-0.2, -0.15) is 0 Å². The number of phenolic OH excluding ortho intramolecular Hbond substituents is 1. The van der Waals surface area contributed by atoms with Crippen LogP contribution < -0.4 is 16.0 Å². The van der Waals surface area contributed by atoms with E-state index in [-0.39, 0.29) is 23.9 Å². The van der Waals surface area contributed by atoms with Crippen LogP contribution >= 0.6 is 0 Å². The van der Waals surface area contributed by atoms with E-state index in [1.807, 2.05) is 18.2 Å². The number of unbranched alkanes of at least 4 members (excludes halogenated alkanes) is 1. The summed E-state index contributed by atoms with van der Waals surface area (Å²) in [7, 11) is 1.55. The minimum Gasteiger partial charge on any atom is -0.506 e. The third-order valence-electron chi connectivity index (χ3n) is 4.93. The van der Waals surface area contributed by atoms with Gasteiger partial charge in [0.15, 0.2) is 0 Å². The smallest absolute Gasteiger partial charge is 0.319 e. The molecule has 28 heavy (non-hydrogen) atoms. The third-order valence-corrected chi connectivity index (χ3v) is 4.93. The molecule has 0 aliphatic carbocycles. The predicted molar refractivity (Wildman–Crippen MR) is 116 cm³/mol. The van der Waals surface area contributed by atoms with E-state index in [0.717, 1.165) is 37.7 Å². The fraction of sp³-hybridized carbons (Fsp3) is 0.435. The van der Waals surface area contributed by atoms with E-state index in [4.69, 9.17) is 0 Å². The molecule has 5 nitrogen and oxygen atoms in total. The lowest BCUT2D eigenvalue weighted by atomic mass is 9.96. The van der Waals surface area contributed by atoms with Crippen molar-refractivity contribution in [1.82, 2.24) is 10.6 Å². The van der Waals surface area contributed by atoms with Gasteiger partial charge in [-0.25, -0.2) is 4.79 Å². The molecular weight excluding hydrogens is 350 g/mol. The Hall–Kier alpha value is -2.53. The molecule has 2 amide bonds. The van der Waals surface area contributed by atoms with Crippen LogP contribution in [0.3, 0.4) is 0 Å². The molecule has 2 atom stereocenters. The van der Waals surface area contributed by atoms with Crippen LogP contribution in [0, 0.1) is 0 Å². The van der Waals surface area contributed by atoms with Crippen LogP contribution in [0.5, 0.6) is 5.75 Å². The Bertz CT molecular complexity index is 734. The summed E-state index contributed by atoms with van der Waals surface area (Å²) in [6.45, 7) is 4.39. The molecule has 2 unspecified atom stereocenters. The van der Waals surface area contributed by atoms with Gasteiger partial charge in [0.25, 0.3) is 0 Å². The number of amides is 2. The lowest BCUT2D eigenvalue weighted by Crippen LogP contribution is -2.27. The Balaban J connectivity index is 2.29. The van der Waals surface area contributed by atoms with Gasteiger partial charge in [-0.05, 0) is 36.1 Å². The van der Waals surface area contributed by atoms with Crippen LogP contribution in [0.15, 0.2) is 48.5 Å². The maximum absolute atomic E-state index is 11.7. The molecule has 0 aliphatic heterocycles. The number of urea groups is 1. The number of carbonyl (C=O) groups excluding carboxylic acids is 1. The van der Waals surface area contributed by atoms with E-state index < -0.39 is 0 Å². The number of rotatable bonds is 10. The standard InChI is InChI=1S/C23H33N3O2/c1-4-6-13-20(25-19(10-5-2)17-11-8-7-9-12-17)18-14-15-22(27)21(16-18)26-23(28)24-3/h7-9,11-12,14-16,19-20,25,27H,4-6,10,13H2,1-3H3,(H2,24,26,28). The summed E-state index contributed by atoms with van der Waals surface area (Å²) in [6.07, 6.45) is 5.35. The Morgan fingerprint density at radius 1 is 0.964 bits per heavy atom. The van der Waals surface area contributed by atoms with Crippen molar-refractivity contribution in [2.45, 2.75) is 58.0 Å². The fourth-order valence-electron chi connectivity index (χ4n) is 3.37. The number of hydrogen-bond acceptors (Lipinski definition) is 3. The van der Waals surface area contributed by atoms with Gasteiger partial charge >= 0.3 is 6.03 Å². The molecule has 0 aliphatic rings. The second kappa shape index (κ2) is 11.3. The first-order chi connectivity index (χ1) is 13.6. The molecule has 0 aromatic heterocycles. The van der Waals surface area contributed by atoms with Gasteiger partial charge in [-0.3, -0.25) is 0 Å². The highest BCUT2D eigenvalue weighted by Gasteiger charge is 2.19. The van der Waals surface area contributed by atoms with Crippen molar-refractivity contribution in [3.63, 3.8) is 0 Å². The quantitative estimate of drug-likeness (QED) is 0.409. The van der Waals surface area contributed by atoms with E-state index in [1.54, 1.807) is 13.1 Å². The minimum atomic E-state index is -0.348. The van der Waals surface area contributed by atoms with Gasteiger partial charge in [0.2, 0.25) is 0 Å². The van der Waals surface area contributed by atoms with Gasteiger partial charge in [0, 0.05) is 19.1 Å². The zero-order valence-corrected chi connectivity index (χ0v) is 17.2. The predicted octanol–water partition coefficient (Wildman–Crippen LogP) is 5.51. The van der Waals surface area contributed by atoms with Crippen molar-refractivity contribution < 1.29 is 9.90 Å². The molecule has 0 saturated carbocycles. The Kier molecular flexibility index (Phi) is 8.82. The zero-order valence-electron chi connectivity index (χ0n) is 17.2. The first-order valence-corrected chi connectivity index (χ1v) is 10.2. The number of anilines is 1. The maximum atomic E-state index is 11.7. The minimum absolute atomic E-state index is 0.0646.